The van der Waals surface area contributed by atoms with Crippen LogP contribution >= 0.6 is 11.8 Å². The first-order valence-corrected chi connectivity index (χ1v) is 10.7. The molecule has 1 aliphatic heterocycles. The Morgan fingerprint density at radius 3 is 2.42 bits per heavy atom. The molecular formula is C24H17FN2O5S. The van der Waals surface area contributed by atoms with Crippen molar-refractivity contribution < 1.29 is 23.6 Å². The van der Waals surface area contributed by atoms with E-state index in [1.807, 2.05) is 0 Å². The lowest BCUT2D eigenvalue weighted by Crippen LogP contribution is -2.27. The summed E-state index contributed by atoms with van der Waals surface area (Å²) < 4.78 is 19.7. The van der Waals surface area contributed by atoms with Crippen molar-refractivity contribution in [1.29, 1.82) is 0 Å². The number of nitro groups is 1. The molecule has 166 valence electrons. The van der Waals surface area contributed by atoms with Gasteiger partial charge in [-0.05, 0) is 35.5 Å². The molecule has 9 heteroatoms. The Hall–Kier alpha value is -3.98. The zero-order valence-electron chi connectivity index (χ0n) is 17.1. The van der Waals surface area contributed by atoms with Crippen LogP contribution in [0.4, 0.5) is 14.9 Å². The number of nitrogens with zero attached hydrogens (tertiary/aromatic N) is 2. The number of nitro benzene ring substituents is 1. The summed E-state index contributed by atoms with van der Waals surface area (Å²) in [5.41, 5.74) is 1.50. The van der Waals surface area contributed by atoms with E-state index in [2.05, 4.69) is 0 Å². The zero-order valence-corrected chi connectivity index (χ0v) is 18.0. The van der Waals surface area contributed by atoms with Gasteiger partial charge in [0, 0.05) is 23.3 Å². The standard InChI is InChI=1S/C24H17FN2O5S/c25-20-7-3-1-6-18(20)15-32-21-8-4-2-5-17(21)13-22-23(28)26(24(29)33-22)14-16-9-11-19(12-10-16)27(30)31/h1-13H,14-15H2. The maximum Gasteiger partial charge on any atom is 0.293 e. The Balaban J connectivity index is 1.50. The minimum absolute atomic E-state index is 0.00539. The summed E-state index contributed by atoms with van der Waals surface area (Å²) in [5, 5.41) is 10.4. The zero-order chi connectivity index (χ0) is 23.4. The van der Waals surface area contributed by atoms with Crippen LogP contribution in [0.15, 0.2) is 77.7 Å². The second kappa shape index (κ2) is 9.66. The third-order valence-corrected chi connectivity index (χ3v) is 5.82. The Morgan fingerprint density at radius 2 is 1.70 bits per heavy atom. The van der Waals surface area contributed by atoms with Crippen molar-refractivity contribution in [3.05, 3.63) is 110 Å². The summed E-state index contributed by atoms with van der Waals surface area (Å²) >= 11 is 0.804. The number of para-hydroxylation sites is 1. The SMILES string of the molecule is O=C1SC(=Cc2ccccc2OCc2ccccc2F)C(=O)N1Cc1ccc([N+](=O)[O-])cc1. The largest absolute Gasteiger partial charge is 0.488 e. The van der Waals surface area contributed by atoms with Gasteiger partial charge in [-0.1, -0.05) is 48.5 Å². The van der Waals surface area contributed by atoms with Crippen LogP contribution in [0.25, 0.3) is 6.08 Å². The van der Waals surface area contributed by atoms with Crippen molar-refractivity contribution in [2.45, 2.75) is 13.2 Å². The molecule has 1 aliphatic rings. The predicted molar refractivity (Wildman–Crippen MR) is 122 cm³/mol. The number of carbonyl (C=O) groups excluding carboxylic acids is 2. The van der Waals surface area contributed by atoms with Gasteiger partial charge in [0.2, 0.25) is 0 Å². The summed E-state index contributed by atoms with van der Waals surface area (Å²) in [6.45, 7) is 0.0184. The van der Waals surface area contributed by atoms with E-state index < -0.39 is 16.1 Å². The van der Waals surface area contributed by atoms with E-state index in [0.717, 1.165) is 16.7 Å². The maximum absolute atomic E-state index is 13.9. The van der Waals surface area contributed by atoms with E-state index in [-0.39, 0.29) is 29.6 Å². The van der Waals surface area contributed by atoms with E-state index >= 15 is 0 Å². The van der Waals surface area contributed by atoms with E-state index in [0.29, 0.717) is 22.4 Å². The second-order valence-electron chi connectivity index (χ2n) is 7.11. The third-order valence-electron chi connectivity index (χ3n) is 4.91. The number of ether oxygens (including phenoxy) is 1. The highest BCUT2D eigenvalue weighted by Crippen LogP contribution is 2.35. The Morgan fingerprint density at radius 1 is 1.00 bits per heavy atom. The fourth-order valence-electron chi connectivity index (χ4n) is 3.19. The quantitative estimate of drug-likeness (QED) is 0.259. The van der Waals surface area contributed by atoms with Crippen molar-refractivity contribution in [2.24, 2.45) is 0 Å². The normalized spacial score (nSPS) is 14.7. The first-order valence-electron chi connectivity index (χ1n) is 9.86. The van der Waals surface area contributed by atoms with E-state index in [4.69, 9.17) is 4.74 Å². The molecule has 3 aromatic carbocycles. The van der Waals surface area contributed by atoms with Crippen molar-refractivity contribution >= 4 is 34.7 Å². The van der Waals surface area contributed by atoms with E-state index in [9.17, 15) is 24.1 Å². The van der Waals surface area contributed by atoms with Gasteiger partial charge in [0.05, 0.1) is 16.4 Å². The fourth-order valence-corrected chi connectivity index (χ4v) is 4.01. The molecule has 1 saturated heterocycles. The molecule has 1 fully saturated rings. The number of carbonyl (C=O) groups is 2. The van der Waals surface area contributed by atoms with Gasteiger partial charge in [-0.2, -0.15) is 0 Å². The molecule has 0 N–H and O–H groups in total. The van der Waals surface area contributed by atoms with Crippen LogP contribution in [-0.2, 0) is 17.9 Å². The average molecular weight is 464 g/mol. The number of amides is 2. The molecule has 0 saturated carbocycles. The minimum Gasteiger partial charge on any atom is -0.488 e. The van der Waals surface area contributed by atoms with Gasteiger partial charge in [-0.3, -0.25) is 24.6 Å². The molecule has 2 amide bonds. The van der Waals surface area contributed by atoms with Crippen LogP contribution in [0, 0.1) is 15.9 Å². The van der Waals surface area contributed by atoms with Gasteiger partial charge in [0.1, 0.15) is 18.2 Å². The number of benzene rings is 3. The van der Waals surface area contributed by atoms with Crippen LogP contribution in [0.2, 0.25) is 0 Å². The summed E-state index contributed by atoms with van der Waals surface area (Å²) in [7, 11) is 0. The van der Waals surface area contributed by atoms with Gasteiger partial charge < -0.3 is 4.74 Å². The van der Waals surface area contributed by atoms with Gasteiger partial charge in [-0.15, -0.1) is 0 Å². The summed E-state index contributed by atoms with van der Waals surface area (Å²) in [6, 6.07) is 18.9. The number of imide groups is 1. The highest BCUT2D eigenvalue weighted by Gasteiger charge is 2.35. The van der Waals surface area contributed by atoms with Crippen LogP contribution in [-0.4, -0.2) is 21.0 Å². The first-order chi connectivity index (χ1) is 15.9. The Labute approximate surface area is 192 Å². The molecule has 0 spiro atoms. The molecular weight excluding hydrogens is 447 g/mol. The van der Waals surface area contributed by atoms with Crippen molar-refractivity contribution in [3.63, 3.8) is 0 Å². The molecule has 0 aliphatic carbocycles. The third kappa shape index (κ3) is 5.09. The van der Waals surface area contributed by atoms with Crippen molar-refractivity contribution in [2.75, 3.05) is 0 Å². The lowest BCUT2D eigenvalue weighted by Gasteiger charge is -2.12. The minimum atomic E-state index is -0.516. The number of hydrogen-bond donors (Lipinski definition) is 0. The number of thioether (sulfide) groups is 1. The number of hydrogen-bond acceptors (Lipinski definition) is 6. The topological polar surface area (TPSA) is 89.8 Å². The number of halogens is 1. The van der Waals surface area contributed by atoms with Gasteiger partial charge in [-0.25, -0.2) is 4.39 Å². The van der Waals surface area contributed by atoms with Crippen LogP contribution in [0.5, 0.6) is 5.75 Å². The van der Waals surface area contributed by atoms with Gasteiger partial charge >= 0.3 is 0 Å². The highest BCUT2D eigenvalue weighted by molar-refractivity contribution is 8.18. The summed E-state index contributed by atoms with van der Waals surface area (Å²) in [6.07, 6.45) is 1.57. The fraction of sp³-hybridized carbons (Fsp3) is 0.0833. The monoisotopic (exact) mass is 464 g/mol. The molecule has 7 nitrogen and oxygen atoms in total. The molecule has 1 heterocycles. The lowest BCUT2D eigenvalue weighted by atomic mass is 10.1. The molecule has 0 unspecified atom stereocenters. The molecule has 0 atom stereocenters. The number of non-ortho nitro benzene ring substituents is 1. The molecule has 3 aromatic rings. The van der Waals surface area contributed by atoms with Crippen molar-refractivity contribution in [1.82, 2.24) is 4.90 Å². The van der Waals surface area contributed by atoms with Crippen LogP contribution in [0.1, 0.15) is 16.7 Å². The van der Waals surface area contributed by atoms with Gasteiger partial charge in [0.15, 0.2) is 0 Å². The second-order valence-corrected chi connectivity index (χ2v) is 8.10. The van der Waals surface area contributed by atoms with Crippen LogP contribution in [0.3, 0.4) is 0 Å². The molecule has 0 bridgehead atoms. The lowest BCUT2D eigenvalue weighted by molar-refractivity contribution is -0.384. The maximum atomic E-state index is 13.9. The first kappa shape index (κ1) is 22.2. The number of rotatable bonds is 7. The average Bonchev–Trinajstić information content (AvgIpc) is 3.07. The molecule has 0 radical (unpaired) electrons. The smallest absolute Gasteiger partial charge is 0.293 e. The Kier molecular flexibility index (Phi) is 6.50. The summed E-state index contributed by atoms with van der Waals surface area (Å²) in [4.78, 5) is 36.9. The predicted octanol–water partition coefficient (Wildman–Crippen LogP) is 5.55. The molecule has 0 aromatic heterocycles. The van der Waals surface area contributed by atoms with Crippen LogP contribution < -0.4 is 4.74 Å². The van der Waals surface area contributed by atoms with E-state index in [1.165, 1.54) is 30.3 Å². The van der Waals surface area contributed by atoms with E-state index in [1.54, 1.807) is 48.5 Å². The van der Waals surface area contributed by atoms with Gasteiger partial charge in [0.25, 0.3) is 16.8 Å². The molecule has 4 rings (SSSR count). The molecule has 33 heavy (non-hydrogen) atoms. The van der Waals surface area contributed by atoms with Crippen molar-refractivity contribution in [3.8, 4) is 5.75 Å². The summed E-state index contributed by atoms with van der Waals surface area (Å²) in [5.74, 6) is -0.391. The Bertz CT molecular complexity index is 1260. The highest BCUT2D eigenvalue weighted by atomic mass is 32.2.